The highest BCUT2D eigenvalue weighted by molar-refractivity contribution is 8.00. The molecular weight excluding hydrogens is 392 g/mol. The van der Waals surface area contributed by atoms with Crippen molar-refractivity contribution >= 4 is 23.4 Å². The van der Waals surface area contributed by atoms with Gasteiger partial charge in [0.1, 0.15) is 0 Å². The zero-order valence-corrected chi connectivity index (χ0v) is 19.2. The third kappa shape index (κ3) is 4.75. The number of hydrogen-bond acceptors (Lipinski definition) is 4. The third-order valence-electron chi connectivity index (χ3n) is 5.43. The number of amides is 1. The smallest absolute Gasteiger partial charge is 0.237 e. The lowest BCUT2D eigenvalue weighted by atomic mass is 9.97. The van der Waals surface area contributed by atoms with Gasteiger partial charge in [-0.15, -0.1) is 10.2 Å². The van der Waals surface area contributed by atoms with E-state index in [1.54, 1.807) is 0 Å². The lowest BCUT2D eigenvalue weighted by molar-refractivity contribution is -0.115. The van der Waals surface area contributed by atoms with Crippen LogP contribution in [0.25, 0.3) is 11.4 Å². The summed E-state index contributed by atoms with van der Waals surface area (Å²) in [6.07, 6.45) is 1.03. The van der Waals surface area contributed by atoms with Crippen LogP contribution in [0.15, 0.2) is 53.7 Å². The topological polar surface area (TPSA) is 59.8 Å². The molecule has 0 aliphatic rings. The van der Waals surface area contributed by atoms with Crippen molar-refractivity contribution in [3.8, 4) is 11.4 Å². The molecule has 0 fully saturated rings. The normalized spacial score (nSPS) is 13.1. The second-order valence-electron chi connectivity index (χ2n) is 7.51. The van der Waals surface area contributed by atoms with E-state index in [1.807, 2.05) is 37.3 Å². The molecule has 0 spiro atoms. The summed E-state index contributed by atoms with van der Waals surface area (Å²) in [6.45, 7) is 11.1. The van der Waals surface area contributed by atoms with Crippen LogP contribution in [0.3, 0.4) is 0 Å². The first-order valence-corrected chi connectivity index (χ1v) is 11.4. The Morgan fingerprint density at radius 2 is 1.77 bits per heavy atom. The largest absolute Gasteiger partial charge is 0.325 e. The van der Waals surface area contributed by atoms with E-state index < -0.39 is 0 Å². The van der Waals surface area contributed by atoms with Gasteiger partial charge in [-0.1, -0.05) is 68.1 Å². The summed E-state index contributed by atoms with van der Waals surface area (Å²) in [6, 6.07) is 16.2. The van der Waals surface area contributed by atoms with Gasteiger partial charge in [0, 0.05) is 17.8 Å². The molecule has 1 aromatic heterocycles. The van der Waals surface area contributed by atoms with Gasteiger partial charge in [0.15, 0.2) is 11.0 Å². The molecule has 3 rings (SSSR count). The Kier molecular flexibility index (Phi) is 7.32. The monoisotopic (exact) mass is 422 g/mol. The van der Waals surface area contributed by atoms with Crippen molar-refractivity contribution in [1.29, 1.82) is 0 Å². The van der Waals surface area contributed by atoms with E-state index in [0.29, 0.717) is 5.92 Å². The lowest BCUT2D eigenvalue weighted by Gasteiger charge is -2.18. The van der Waals surface area contributed by atoms with E-state index in [4.69, 9.17) is 0 Å². The molecule has 5 nitrogen and oxygen atoms in total. The minimum Gasteiger partial charge on any atom is -0.325 e. The molecule has 0 unspecified atom stereocenters. The summed E-state index contributed by atoms with van der Waals surface area (Å²) in [5.74, 6) is 1.20. The molecule has 158 valence electrons. The number of benzene rings is 2. The summed E-state index contributed by atoms with van der Waals surface area (Å²) in [4.78, 5) is 12.9. The summed E-state index contributed by atoms with van der Waals surface area (Å²) in [7, 11) is 0. The molecule has 2 aromatic carbocycles. The highest BCUT2D eigenvalue weighted by Gasteiger charge is 2.22. The van der Waals surface area contributed by atoms with Crippen molar-refractivity contribution in [2.45, 2.75) is 63.9 Å². The van der Waals surface area contributed by atoms with Crippen molar-refractivity contribution in [1.82, 2.24) is 14.8 Å². The fourth-order valence-corrected chi connectivity index (χ4v) is 4.30. The van der Waals surface area contributed by atoms with E-state index in [9.17, 15) is 4.79 Å². The number of hydrogen-bond donors (Lipinski definition) is 1. The molecule has 0 saturated heterocycles. The van der Waals surface area contributed by atoms with Crippen LogP contribution >= 0.6 is 11.8 Å². The minimum absolute atomic E-state index is 0.0288. The molecule has 1 heterocycles. The highest BCUT2D eigenvalue weighted by atomic mass is 32.2. The first kappa shape index (κ1) is 22.1. The summed E-state index contributed by atoms with van der Waals surface area (Å²) < 4.78 is 2.07. The SMILES string of the molecule is CC[C@@H](C)c1ccccc1NC(=O)[C@@H](C)Sc1nnc(-c2ccccc2C)n1CC. The van der Waals surface area contributed by atoms with Gasteiger partial charge >= 0.3 is 0 Å². The Labute approximate surface area is 183 Å². The van der Waals surface area contributed by atoms with Gasteiger partial charge in [0.2, 0.25) is 5.91 Å². The summed E-state index contributed by atoms with van der Waals surface area (Å²) >= 11 is 1.44. The van der Waals surface area contributed by atoms with Crippen LogP contribution in [0.1, 0.15) is 51.2 Å². The van der Waals surface area contributed by atoms with E-state index in [0.717, 1.165) is 40.8 Å². The number of rotatable bonds is 8. The fourth-order valence-electron chi connectivity index (χ4n) is 3.39. The number of aromatic nitrogens is 3. The Hall–Kier alpha value is -2.60. The van der Waals surface area contributed by atoms with Crippen LogP contribution in [0.4, 0.5) is 5.69 Å². The maximum atomic E-state index is 12.9. The van der Waals surface area contributed by atoms with Crippen LogP contribution in [0.5, 0.6) is 0 Å². The standard InChI is InChI=1S/C24H30N4OS/c1-6-16(3)19-13-10-11-15-21(19)25-23(29)18(5)30-24-27-26-22(28(24)7-2)20-14-9-8-12-17(20)4/h8-16,18H,6-7H2,1-5H3,(H,25,29)/t16-,18-/m1/s1. The molecule has 3 aromatic rings. The van der Waals surface area contributed by atoms with Gasteiger partial charge < -0.3 is 9.88 Å². The molecule has 2 atom stereocenters. The first-order chi connectivity index (χ1) is 14.5. The number of nitrogens with one attached hydrogen (secondary N) is 1. The van der Waals surface area contributed by atoms with Crippen LogP contribution in [-0.2, 0) is 11.3 Å². The van der Waals surface area contributed by atoms with Gasteiger partial charge in [0.25, 0.3) is 0 Å². The highest BCUT2D eigenvalue weighted by Crippen LogP contribution is 2.30. The Bertz CT molecular complexity index is 1010. The molecule has 0 aliphatic heterocycles. The van der Waals surface area contributed by atoms with Gasteiger partial charge in [-0.3, -0.25) is 4.79 Å². The van der Waals surface area contributed by atoms with Gasteiger partial charge in [-0.2, -0.15) is 0 Å². The molecule has 6 heteroatoms. The lowest BCUT2D eigenvalue weighted by Crippen LogP contribution is -2.23. The van der Waals surface area contributed by atoms with Crippen LogP contribution in [-0.4, -0.2) is 25.9 Å². The number of aryl methyl sites for hydroxylation is 1. The van der Waals surface area contributed by atoms with Gasteiger partial charge in [-0.05, 0) is 50.3 Å². The number of thioether (sulfide) groups is 1. The molecule has 0 aliphatic carbocycles. The Balaban J connectivity index is 1.78. The Morgan fingerprint density at radius 1 is 1.07 bits per heavy atom. The van der Waals surface area contributed by atoms with Gasteiger partial charge in [0.05, 0.1) is 5.25 Å². The number of nitrogens with zero attached hydrogens (tertiary/aromatic N) is 3. The van der Waals surface area contributed by atoms with Crippen LogP contribution in [0, 0.1) is 6.92 Å². The summed E-state index contributed by atoms with van der Waals surface area (Å²) in [5.41, 5.74) is 4.29. The minimum atomic E-state index is -0.297. The molecule has 0 radical (unpaired) electrons. The van der Waals surface area contributed by atoms with Crippen molar-refractivity contribution in [3.63, 3.8) is 0 Å². The number of anilines is 1. The van der Waals surface area contributed by atoms with Crippen molar-refractivity contribution in [2.24, 2.45) is 0 Å². The maximum Gasteiger partial charge on any atom is 0.237 e. The van der Waals surface area contributed by atoms with Gasteiger partial charge in [-0.25, -0.2) is 0 Å². The first-order valence-electron chi connectivity index (χ1n) is 10.5. The zero-order chi connectivity index (χ0) is 21.7. The predicted molar refractivity (Wildman–Crippen MR) is 125 cm³/mol. The van der Waals surface area contributed by atoms with Crippen LogP contribution < -0.4 is 5.32 Å². The average Bonchev–Trinajstić information content (AvgIpc) is 3.16. The molecule has 0 saturated carbocycles. The molecule has 30 heavy (non-hydrogen) atoms. The quantitative estimate of drug-likeness (QED) is 0.459. The predicted octanol–water partition coefficient (Wildman–Crippen LogP) is 5.91. The number of carbonyl (C=O) groups excluding carboxylic acids is 1. The average molecular weight is 423 g/mol. The molecule has 0 bridgehead atoms. The van der Waals surface area contributed by atoms with Crippen molar-refractivity contribution < 1.29 is 4.79 Å². The second-order valence-corrected chi connectivity index (χ2v) is 8.82. The molecular formula is C24H30N4OS. The van der Waals surface area contributed by atoms with E-state index in [1.165, 1.54) is 17.3 Å². The van der Waals surface area contributed by atoms with Crippen molar-refractivity contribution in [3.05, 3.63) is 59.7 Å². The number of carbonyl (C=O) groups is 1. The number of para-hydroxylation sites is 1. The molecule has 1 amide bonds. The molecule has 1 N–H and O–H groups in total. The third-order valence-corrected chi connectivity index (χ3v) is 6.51. The fraction of sp³-hybridized carbons (Fsp3) is 0.375. The van der Waals surface area contributed by atoms with E-state index >= 15 is 0 Å². The zero-order valence-electron chi connectivity index (χ0n) is 18.3. The van der Waals surface area contributed by atoms with E-state index in [-0.39, 0.29) is 11.2 Å². The second kappa shape index (κ2) is 9.94. The summed E-state index contributed by atoms with van der Waals surface area (Å²) in [5, 5.41) is 12.4. The maximum absolute atomic E-state index is 12.9. The Morgan fingerprint density at radius 3 is 2.47 bits per heavy atom. The van der Waals surface area contributed by atoms with Crippen molar-refractivity contribution in [2.75, 3.05) is 5.32 Å². The van der Waals surface area contributed by atoms with E-state index in [2.05, 4.69) is 66.0 Å². The van der Waals surface area contributed by atoms with Crippen LogP contribution in [0.2, 0.25) is 0 Å².